The molecule has 0 amide bonds. The number of aromatic amines is 1. The molecule has 0 aliphatic rings. The van der Waals surface area contributed by atoms with Gasteiger partial charge in [0.15, 0.2) is 9.84 Å². The quantitative estimate of drug-likeness (QED) is 0.585. The van der Waals surface area contributed by atoms with E-state index in [4.69, 9.17) is 14.2 Å². The zero-order valence-electron chi connectivity index (χ0n) is 16.8. The molecule has 0 radical (unpaired) electrons. The van der Waals surface area contributed by atoms with Gasteiger partial charge in [-0.3, -0.25) is 4.79 Å². The van der Waals surface area contributed by atoms with Gasteiger partial charge in [0.1, 0.15) is 29.2 Å². The van der Waals surface area contributed by atoms with Crippen LogP contribution in [0.15, 0.2) is 64.4 Å². The molecule has 30 heavy (non-hydrogen) atoms. The highest BCUT2D eigenvalue weighted by Crippen LogP contribution is 2.31. The van der Waals surface area contributed by atoms with Crippen LogP contribution in [0.2, 0.25) is 0 Å². The molecule has 9 heteroatoms. The number of methoxy groups -OCH3 is 1. The summed E-state index contributed by atoms with van der Waals surface area (Å²) in [6.45, 7) is 2.26. The van der Waals surface area contributed by atoms with Crippen molar-refractivity contribution >= 4 is 9.84 Å². The smallest absolute Gasteiger partial charge is 0.251 e. The third kappa shape index (κ3) is 5.68. The lowest BCUT2D eigenvalue weighted by Gasteiger charge is -2.16. The molecule has 0 fully saturated rings. The molecule has 8 nitrogen and oxygen atoms in total. The molecule has 0 saturated carbocycles. The van der Waals surface area contributed by atoms with E-state index in [1.165, 1.54) is 24.4 Å². The molecule has 0 aliphatic heterocycles. The van der Waals surface area contributed by atoms with Gasteiger partial charge in [0, 0.05) is 37.3 Å². The number of nitrogens with zero attached hydrogens (tertiary/aromatic N) is 1. The van der Waals surface area contributed by atoms with E-state index in [-0.39, 0.29) is 16.6 Å². The normalized spacial score (nSPS) is 12.4. The fourth-order valence-electron chi connectivity index (χ4n) is 2.74. The summed E-state index contributed by atoms with van der Waals surface area (Å²) in [7, 11) is -1.71. The number of rotatable bonds is 8. The van der Waals surface area contributed by atoms with Gasteiger partial charge in [-0.15, -0.1) is 0 Å². The van der Waals surface area contributed by atoms with Gasteiger partial charge < -0.3 is 19.2 Å². The van der Waals surface area contributed by atoms with Crippen molar-refractivity contribution in [3.05, 3.63) is 65.1 Å². The standard InChI is InChI=1S/C21H22N2O6S/c1-14(13-27-2)28-17-10-15(21-22-9-8-20(24)23-21)11-18(12-17)29-16-4-6-19(7-5-16)30(3,25)26/h4-12,14H,13H2,1-3H3,(H,22,23,24). The molecule has 2 aromatic carbocycles. The van der Waals surface area contributed by atoms with E-state index in [0.29, 0.717) is 35.2 Å². The summed E-state index contributed by atoms with van der Waals surface area (Å²) in [4.78, 5) is 18.7. The lowest BCUT2D eigenvalue weighted by atomic mass is 10.2. The van der Waals surface area contributed by atoms with Crippen molar-refractivity contribution in [2.75, 3.05) is 20.0 Å². The van der Waals surface area contributed by atoms with Crippen LogP contribution in [0.5, 0.6) is 17.2 Å². The number of hydrogen-bond acceptors (Lipinski definition) is 7. The first-order valence-electron chi connectivity index (χ1n) is 9.09. The van der Waals surface area contributed by atoms with Crippen molar-refractivity contribution in [1.82, 2.24) is 9.97 Å². The van der Waals surface area contributed by atoms with Crippen molar-refractivity contribution in [1.29, 1.82) is 0 Å². The third-order valence-electron chi connectivity index (χ3n) is 4.05. The van der Waals surface area contributed by atoms with Crippen LogP contribution in [0.1, 0.15) is 6.92 Å². The van der Waals surface area contributed by atoms with Crippen LogP contribution in [-0.4, -0.2) is 44.5 Å². The third-order valence-corrected chi connectivity index (χ3v) is 5.18. The molecule has 3 aromatic rings. The Morgan fingerprint density at radius 2 is 1.73 bits per heavy atom. The monoisotopic (exact) mass is 430 g/mol. The second kappa shape index (κ2) is 9.10. The molecule has 1 atom stereocenters. The second-order valence-electron chi connectivity index (χ2n) is 6.71. The minimum Gasteiger partial charge on any atom is -0.488 e. The van der Waals surface area contributed by atoms with E-state index in [2.05, 4.69) is 9.97 Å². The van der Waals surface area contributed by atoms with Crippen LogP contribution >= 0.6 is 0 Å². The van der Waals surface area contributed by atoms with Crippen LogP contribution in [0.4, 0.5) is 0 Å². The van der Waals surface area contributed by atoms with Gasteiger partial charge in [0.25, 0.3) is 5.56 Å². The molecule has 158 valence electrons. The van der Waals surface area contributed by atoms with Crippen molar-refractivity contribution in [3.63, 3.8) is 0 Å². The first-order chi connectivity index (χ1) is 14.2. The Morgan fingerprint density at radius 3 is 2.37 bits per heavy atom. The SMILES string of the molecule is COCC(C)Oc1cc(Oc2ccc(S(C)(=O)=O)cc2)cc(-c2nccc(=O)[nH]2)c1. The summed E-state index contributed by atoms with van der Waals surface area (Å²) in [6.07, 6.45) is 2.35. The lowest BCUT2D eigenvalue weighted by molar-refractivity contribution is 0.0920. The first kappa shape index (κ1) is 21.5. The van der Waals surface area contributed by atoms with Crippen LogP contribution in [0.25, 0.3) is 11.4 Å². The van der Waals surface area contributed by atoms with E-state index >= 15 is 0 Å². The number of ether oxygens (including phenoxy) is 3. The van der Waals surface area contributed by atoms with Gasteiger partial charge >= 0.3 is 0 Å². The Hall–Kier alpha value is -3.17. The number of hydrogen-bond donors (Lipinski definition) is 1. The van der Waals surface area contributed by atoms with Gasteiger partial charge in [-0.05, 0) is 43.3 Å². The maximum atomic E-state index is 11.7. The summed E-state index contributed by atoms with van der Waals surface area (Å²) in [5, 5.41) is 0. The average molecular weight is 430 g/mol. The predicted octanol–water partition coefficient (Wildman–Crippen LogP) is 3.05. The maximum Gasteiger partial charge on any atom is 0.251 e. The van der Waals surface area contributed by atoms with Crippen molar-refractivity contribution in [3.8, 4) is 28.6 Å². The lowest BCUT2D eigenvalue weighted by Crippen LogP contribution is -2.18. The highest BCUT2D eigenvalue weighted by atomic mass is 32.2. The maximum absolute atomic E-state index is 11.7. The number of sulfone groups is 1. The fraction of sp³-hybridized carbons (Fsp3) is 0.238. The summed E-state index contributed by atoms with van der Waals surface area (Å²) >= 11 is 0. The first-order valence-corrected chi connectivity index (χ1v) is 11.0. The predicted molar refractivity (Wildman–Crippen MR) is 112 cm³/mol. The van der Waals surface area contributed by atoms with E-state index in [1.807, 2.05) is 6.92 Å². The second-order valence-corrected chi connectivity index (χ2v) is 8.72. The van der Waals surface area contributed by atoms with Crippen molar-refractivity contribution in [2.24, 2.45) is 0 Å². The van der Waals surface area contributed by atoms with Gasteiger partial charge in [0.05, 0.1) is 11.5 Å². The van der Waals surface area contributed by atoms with Gasteiger partial charge in [-0.25, -0.2) is 13.4 Å². The molecule has 1 heterocycles. The van der Waals surface area contributed by atoms with E-state index in [1.54, 1.807) is 37.4 Å². The largest absolute Gasteiger partial charge is 0.488 e. The minimum absolute atomic E-state index is 0.201. The minimum atomic E-state index is -3.29. The zero-order chi connectivity index (χ0) is 21.7. The Morgan fingerprint density at radius 1 is 1.03 bits per heavy atom. The van der Waals surface area contributed by atoms with Gasteiger partial charge in [-0.1, -0.05) is 0 Å². The van der Waals surface area contributed by atoms with Crippen LogP contribution in [0, 0.1) is 0 Å². The Kier molecular flexibility index (Phi) is 6.53. The summed E-state index contributed by atoms with van der Waals surface area (Å²) in [5.41, 5.74) is 0.315. The van der Waals surface area contributed by atoms with Crippen molar-refractivity contribution in [2.45, 2.75) is 17.9 Å². The van der Waals surface area contributed by atoms with Gasteiger partial charge in [-0.2, -0.15) is 0 Å². The Bertz CT molecular complexity index is 1170. The Labute approximate surface area is 174 Å². The van der Waals surface area contributed by atoms with E-state index in [9.17, 15) is 13.2 Å². The molecule has 0 bridgehead atoms. The molecule has 3 rings (SSSR count). The zero-order valence-corrected chi connectivity index (χ0v) is 17.6. The summed E-state index contributed by atoms with van der Waals surface area (Å²) < 4.78 is 40.1. The van der Waals surface area contributed by atoms with Crippen LogP contribution in [-0.2, 0) is 14.6 Å². The molecule has 0 aliphatic carbocycles. The molecule has 0 spiro atoms. The van der Waals surface area contributed by atoms with Crippen LogP contribution in [0.3, 0.4) is 0 Å². The topological polar surface area (TPSA) is 108 Å². The number of aromatic nitrogens is 2. The number of benzene rings is 2. The number of H-pyrrole nitrogens is 1. The van der Waals surface area contributed by atoms with Crippen molar-refractivity contribution < 1.29 is 22.6 Å². The molecular weight excluding hydrogens is 408 g/mol. The highest BCUT2D eigenvalue weighted by Gasteiger charge is 2.12. The molecular formula is C21H22N2O6S. The molecule has 1 aromatic heterocycles. The fourth-order valence-corrected chi connectivity index (χ4v) is 3.37. The van der Waals surface area contributed by atoms with Crippen LogP contribution < -0.4 is 15.0 Å². The summed E-state index contributed by atoms with van der Waals surface area (Å²) in [6, 6.07) is 12.6. The Balaban J connectivity index is 1.95. The summed E-state index contributed by atoms with van der Waals surface area (Å²) in [5.74, 6) is 1.76. The molecule has 0 saturated heterocycles. The van der Waals surface area contributed by atoms with E-state index in [0.717, 1.165) is 6.26 Å². The van der Waals surface area contributed by atoms with Gasteiger partial charge in [0.2, 0.25) is 0 Å². The highest BCUT2D eigenvalue weighted by molar-refractivity contribution is 7.90. The number of nitrogens with one attached hydrogen (secondary N) is 1. The molecule has 1 N–H and O–H groups in total. The van der Waals surface area contributed by atoms with E-state index < -0.39 is 9.84 Å². The average Bonchev–Trinajstić information content (AvgIpc) is 2.67. The molecule has 1 unspecified atom stereocenters.